The minimum Gasteiger partial charge on any atom is -0.493 e. The first-order valence-corrected chi connectivity index (χ1v) is 8.63. The third kappa shape index (κ3) is 3.98. The number of nitrogens with one attached hydrogen (secondary N) is 1. The molecule has 0 atom stereocenters. The van der Waals surface area contributed by atoms with Gasteiger partial charge >= 0.3 is 0 Å². The Balaban J connectivity index is 2.04. The lowest BCUT2D eigenvalue weighted by Gasteiger charge is -2.10. The molecule has 2 aromatic rings. The van der Waals surface area contributed by atoms with Gasteiger partial charge in [-0.3, -0.25) is 4.72 Å². The molecule has 1 aromatic heterocycles. The van der Waals surface area contributed by atoms with E-state index < -0.39 is 10.0 Å². The van der Waals surface area contributed by atoms with Gasteiger partial charge in [0, 0.05) is 5.69 Å². The predicted molar refractivity (Wildman–Crippen MR) is 81.9 cm³/mol. The van der Waals surface area contributed by atoms with Crippen LogP contribution in [0.4, 0.5) is 5.69 Å². The number of ether oxygens (including phenoxy) is 1. The van der Waals surface area contributed by atoms with Crippen molar-refractivity contribution in [1.82, 2.24) is 0 Å². The van der Waals surface area contributed by atoms with Crippen LogP contribution in [0.2, 0.25) is 0 Å². The third-order valence-corrected chi connectivity index (χ3v) is 5.23. The molecular weight excluding hydrogens is 294 g/mol. The summed E-state index contributed by atoms with van der Waals surface area (Å²) < 4.78 is 32.5. The van der Waals surface area contributed by atoms with Crippen molar-refractivity contribution in [2.45, 2.75) is 18.1 Å². The molecule has 0 aliphatic heterocycles. The van der Waals surface area contributed by atoms with Crippen molar-refractivity contribution in [3.63, 3.8) is 0 Å². The maximum absolute atomic E-state index is 12.0. The summed E-state index contributed by atoms with van der Waals surface area (Å²) in [6, 6.07) is 10.2. The molecule has 0 unspecified atom stereocenters. The standard InChI is InChI=1S/C14H17NO3S2/c1-11(2)10-18-13-7-5-12(6-8-13)15-20(16,17)14-4-3-9-19-14/h3-9,11,15H,10H2,1-2H3. The van der Waals surface area contributed by atoms with E-state index in [0.29, 0.717) is 22.4 Å². The summed E-state index contributed by atoms with van der Waals surface area (Å²) >= 11 is 1.19. The van der Waals surface area contributed by atoms with E-state index in [1.54, 1.807) is 41.8 Å². The molecule has 0 radical (unpaired) electrons. The van der Waals surface area contributed by atoms with Gasteiger partial charge in [-0.15, -0.1) is 11.3 Å². The molecule has 1 N–H and O–H groups in total. The van der Waals surface area contributed by atoms with Crippen LogP contribution < -0.4 is 9.46 Å². The molecule has 4 nitrogen and oxygen atoms in total. The van der Waals surface area contributed by atoms with Crippen LogP contribution in [-0.2, 0) is 10.0 Å². The van der Waals surface area contributed by atoms with Gasteiger partial charge in [0.1, 0.15) is 9.96 Å². The van der Waals surface area contributed by atoms with Gasteiger partial charge in [0.05, 0.1) is 6.61 Å². The molecule has 2 rings (SSSR count). The van der Waals surface area contributed by atoms with Crippen LogP contribution in [-0.4, -0.2) is 15.0 Å². The maximum atomic E-state index is 12.0. The van der Waals surface area contributed by atoms with Crippen molar-refractivity contribution in [1.29, 1.82) is 0 Å². The second kappa shape index (κ2) is 6.28. The Hall–Kier alpha value is -1.53. The number of rotatable bonds is 6. The zero-order valence-corrected chi connectivity index (χ0v) is 13.0. The second-order valence-corrected chi connectivity index (χ2v) is 7.62. The fourth-order valence-corrected chi connectivity index (χ4v) is 3.56. The summed E-state index contributed by atoms with van der Waals surface area (Å²) in [5, 5.41) is 1.73. The van der Waals surface area contributed by atoms with E-state index in [0.717, 1.165) is 5.75 Å². The van der Waals surface area contributed by atoms with E-state index in [-0.39, 0.29) is 0 Å². The highest BCUT2D eigenvalue weighted by Gasteiger charge is 2.14. The van der Waals surface area contributed by atoms with Gasteiger partial charge in [0.15, 0.2) is 0 Å². The van der Waals surface area contributed by atoms with Crippen LogP contribution in [0.25, 0.3) is 0 Å². The largest absolute Gasteiger partial charge is 0.493 e. The highest BCUT2D eigenvalue weighted by Crippen LogP contribution is 2.22. The van der Waals surface area contributed by atoms with Crippen molar-refractivity contribution in [3.05, 3.63) is 41.8 Å². The first-order chi connectivity index (χ1) is 9.47. The van der Waals surface area contributed by atoms with Gasteiger partial charge in [-0.2, -0.15) is 0 Å². The van der Waals surface area contributed by atoms with Crippen molar-refractivity contribution < 1.29 is 13.2 Å². The average Bonchev–Trinajstić information content (AvgIpc) is 2.92. The lowest BCUT2D eigenvalue weighted by atomic mass is 10.2. The quantitative estimate of drug-likeness (QED) is 0.887. The van der Waals surface area contributed by atoms with Gasteiger partial charge in [-0.25, -0.2) is 8.42 Å². The molecule has 0 fully saturated rings. The van der Waals surface area contributed by atoms with E-state index in [9.17, 15) is 8.42 Å². The molecule has 6 heteroatoms. The van der Waals surface area contributed by atoms with Crippen LogP contribution in [0.1, 0.15) is 13.8 Å². The fraction of sp³-hybridized carbons (Fsp3) is 0.286. The number of benzene rings is 1. The first kappa shape index (κ1) is 14.9. The molecular formula is C14H17NO3S2. The summed E-state index contributed by atoms with van der Waals surface area (Å²) in [5.41, 5.74) is 0.523. The second-order valence-electron chi connectivity index (χ2n) is 4.77. The SMILES string of the molecule is CC(C)COc1ccc(NS(=O)(=O)c2cccs2)cc1. The predicted octanol–water partition coefficient (Wildman–Crippen LogP) is 3.58. The van der Waals surface area contributed by atoms with Gasteiger partial charge in [-0.05, 0) is 41.6 Å². The summed E-state index contributed by atoms with van der Waals surface area (Å²) in [6.45, 7) is 4.79. The van der Waals surface area contributed by atoms with E-state index in [2.05, 4.69) is 18.6 Å². The lowest BCUT2D eigenvalue weighted by Crippen LogP contribution is -2.11. The molecule has 20 heavy (non-hydrogen) atoms. The molecule has 0 amide bonds. The Morgan fingerprint density at radius 2 is 1.90 bits per heavy atom. The molecule has 108 valence electrons. The molecule has 1 heterocycles. The maximum Gasteiger partial charge on any atom is 0.271 e. The van der Waals surface area contributed by atoms with Crippen LogP contribution in [0.3, 0.4) is 0 Å². The van der Waals surface area contributed by atoms with E-state index >= 15 is 0 Å². The molecule has 0 aliphatic rings. The zero-order valence-electron chi connectivity index (χ0n) is 11.4. The lowest BCUT2D eigenvalue weighted by molar-refractivity contribution is 0.271. The van der Waals surface area contributed by atoms with Crippen LogP contribution in [0, 0.1) is 5.92 Å². The third-order valence-electron chi connectivity index (χ3n) is 2.45. The smallest absolute Gasteiger partial charge is 0.271 e. The highest BCUT2D eigenvalue weighted by atomic mass is 32.2. The van der Waals surface area contributed by atoms with Crippen LogP contribution >= 0.6 is 11.3 Å². The minimum absolute atomic E-state index is 0.303. The monoisotopic (exact) mass is 311 g/mol. The Bertz CT molecular complexity index is 632. The zero-order chi connectivity index (χ0) is 14.6. The van der Waals surface area contributed by atoms with Crippen LogP contribution in [0.5, 0.6) is 5.75 Å². The molecule has 1 aromatic carbocycles. The summed E-state index contributed by atoms with van der Waals surface area (Å²) in [4.78, 5) is 0. The summed E-state index contributed by atoms with van der Waals surface area (Å²) in [6.07, 6.45) is 0. The van der Waals surface area contributed by atoms with Gasteiger partial charge in [0.25, 0.3) is 10.0 Å². The van der Waals surface area contributed by atoms with Crippen LogP contribution in [0.15, 0.2) is 46.0 Å². The molecule has 0 saturated carbocycles. The number of thiophene rings is 1. The van der Waals surface area contributed by atoms with Gasteiger partial charge in [0.2, 0.25) is 0 Å². The molecule has 0 aliphatic carbocycles. The number of hydrogen-bond donors (Lipinski definition) is 1. The van der Waals surface area contributed by atoms with Gasteiger partial charge in [-0.1, -0.05) is 19.9 Å². The minimum atomic E-state index is -3.48. The molecule has 0 spiro atoms. The van der Waals surface area contributed by atoms with E-state index in [4.69, 9.17) is 4.74 Å². The van der Waals surface area contributed by atoms with E-state index in [1.165, 1.54) is 11.3 Å². The average molecular weight is 311 g/mol. The summed E-state index contributed by atoms with van der Waals surface area (Å²) in [7, 11) is -3.48. The van der Waals surface area contributed by atoms with Gasteiger partial charge < -0.3 is 4.74 Å². The Morgan fingerprint density at radius 3 is 2.45 bits per heavy atom. The molecule has 0 bridgehead atoms. The fourth-order valence-electron chi connectivity index (χ4n) is 1.50. The summed E-state index contributed by atoms with van der Waals surface area (Å²) in [5.74, 6) is 1.18. The Morgan fingerprint density at radius 1 is 1.20 bits per heavy atom. The number of hydrogen-bond acceptors (Lipinski definition) is 4. The van der Waals surface area contributed by atoms with Crippen molar-refractivity contribution in [3.8, 4) is 5.75 Å². The first-order valence-electron chi connectivity index (χ1n) is 6.26. The number of anilines is 1. The highest BCUT2D eigenvalue weighted by molar-refractivity contribution is 7.94. The normalized spacial score (nSPS) is 11.6. The van der Waals surface area contributed by atoms with Crippen molar-refractivity contribution >= 4 is 27.0 Å². The van der Waals surface area contributed by atoms with E-state index in [1.807, 2.05) is 0 Å². The van der Waals surface area contributed by atoms with Crippen molar-refractivity contribution in [2.24, 2.45) is 5.92 Å². The Labute approximate surface area is 123 Å². The molecule has 0 saturated heterocycles. The Kier molecular flexibility index (Phi) is 4.67. The van der Waals surface area contributed by atoms with Crippen molar-refractivity contribution in [2.75, 3.05) is 11.3 Å². The number of sulfonamides is 1. The topological polar surface area (TPSA) is 55.4 Å².